The molecule has 27 heavy (non-hydrogen) atoms. The first-order valence-corrected chi connectivity index (χ1v) is 8.75. The highest BCUT2D eigenvalue weighted by atomic mass is 16.2. The van der Waals surface area contributed by atoms with Gasteiger partial charge in [0, 0.05) is 24.1 Å². The molecular formula is C20H19N5O2. The van der Waals surface area contributed by atoms with Gasteiger partial charge in [0.05, 0.1) is 24.3 Å². The highest BCUT2D eigenvalue weighted by Gasteiger charge is 2.25. The van der Waals surface area contributed by atoms with E-state index in [1.807, 2.05) is 43.3 Å². The SMILES string of the molecule is Cc1ccc(C(=O)N2CCn3nc(C(=O)Nc4ccccc4)cc3C2)cn1. The van der Waals surface area contributed by atoms with Gasteiger partial charge < -0.3 is 10.2 Å². The van der Waals surface area contributed by atoms with Crippen LogP contribution >= 0.6 is 0 Å². The first kappa shape index (κ1) is 17.0. The number of fused-ring (bicyclic) bond motifs is 1. The van der Waals surface area contributed by atoms with Crippen molar-refractivity contribution in [2.75, 3.05) is 11.9 Å². The normalized spacial score (nSPS) is 13.1. The average Bonchev–Trinajstić information content (AvgIpc) is 3.12. The lowest BCUT2D eigenvalue weighted by Crippen LogP contribution is -2.38. The standard InChI is InChI=1S/C20H19N5O2/c1-14-7-8-15(12-21-14)20(27)24-9-10-25-17(13-24)11-18(23-25)19(26)22-16-5-3-2-4-6-16/h2-8,11-12H,9-10,13H2,1H3,(H,22,26). The van der Waals surface area contributed by atoms with Gasteiger partial charge in [-0.15, -0.1) is 0 Å². The van der Waals surface area contributed by atoms with Crippen molar-refractivity contribution in [3.63, 3.8) is 0 Å². The van der Waals surface area contributed by atoms with Gasteiger partial charge in [0.25, 0.3) is 11.8 Å². The van der Waals surface area contributed by atoms with Crippen LogP contribution in [0.5, 0.6) is 0 Å². The van der Waals surface area contributed by atoms with Gasteiger partial charge in [-0.25, -0.2) is 0 Å². The number of hydrogen-bond donors (Lipinski definition) is 1. The van der Waals surface area contributed by atoms with E-state index in [0.717, 1.165) is 17.1 Å². The maximum Gasteiger partial charge on any atom is 0.276 e. The van der Waals surface area contributed by atoms with Crippen LogP contribution in [-0.4, -0.2) is 38.0 Å². The van der Waals surface area contributed by atoms with Crippen LogP contribution in [-0.2, 0) is 13.1 Å². The molecule has 0 saturated carbocycles. The molecule has 1 N–H and O–H groups in total. The first-order valence-electron chi connectivity index (χ1n) is 8.75. The topological polar surface area (TPSA) is 80.1 Å². The molecule has 7 heteroatoms. The zero-order chi connectivity index (χ0) is 18.8. The summed E-state index contributed by atoms with van der Waals surface area (Å²) in [6.45, 7) is 3.40. The third kappa shape index (κ3) is 3.57. The summed E-state index contributed by atoms with van der Waals surface area (Å²) < 4.78 is 1.79. The summed E-state index contributed by atoms with van der Waals surface area (Å²) in [5.74, 6) is -0.325. The monoisotopic (exact) mass is 361 g/mol. The molecule has 0 spiro atoms. The lowest BCUT2D eigenvalue weighted by Gasteiger charge is -2.27. The molecular weight excluding hydrogens is 342 g/mol. The molecule has 0 atom stereocenters. The summed E-state index contributed by atoms with van der Waals surface area (Å²) >= 11 is 0. The van der Waals surface area contributed by atoms with Crippen LogP contribution in [0.2, 0.25) is 0 Å². The largest absolute Gasteiger partial charge is 0.331 e. The van der Waals surface area contributed by atoms with Crippen molar-refractivity contribution in [1.82, 2.24) is 19.7 Å². The van der Waals surface area contributed by atoms with E-state index in [2.05, 4.69) is 15.4 Å². The van der Waals surface area contributed by atoms with Crippen LogP contribution in [0.1, 0.15) is 32.2 Å². The van der Waals surface area contributed by atoms with E-state index in [0.29, 0.717) is 30.9 Å². The number of para-hydroxylation sites is 1. The van der Waals surface area contributed by atoms with Gasteiger partial charge in [0.15, 0.2) is 5.69 Å². The molecule has 2 amide bonds. The maximum absolute atomic E-state index is 12.7. The molecule has 0 saturated heterocycles. The predicted molar refractivity (Wildman–Crippen MR) is 100 cm³/mol. The Bertz CT molecular complexity index is 979. The summed E-state index contributed by atoms with van der Waals surface area (Å²) in [5, 5.41) is 7.21. The van der Waals surface area contributed by atoms with E-state index in [4.69, 9.17) is 0 Å². The average molecular weight is 361 g/mol. The number of aryl methyl sites for hydroxylation is 1. The van der Waals surface area contributed by atoms with Crippen molar-refractivity contribution in [3.8, 4) is 0 Å². The third-order valence-electron chi connectivity index (χ3n) is 4.51. The van der Waals surface area contributed by atoms with Gasteiger partial charge >= 0.3 is 0 Å². The van der Waals surface area contributed by atoms with Crippen LogP contribution < -0.4 is 5.32 Å². The molecule has 0 fully saturated rings. The highest BCUT2D eigenvalue weighted by molar-refractivity contribution is 6.03. The molecule has 1 aliphatic rings. The number of nitrogens with zero attached hydrogens (tertiary/aromatic N) is 4. The molecule has 0 unspecified atom stereocenters. The van der Waals surface area contributed by atoms with Gasteiger partial charge in [-0.3, -0.25) is 19.3 Å². The number of benzene rings is 1. The number of carbonyl (C=O) groups excluding carboxylic acids is 2. The van der Waals surface area contributed by atoms with Gasteiger partial charge in [0.1, 0.15) is 0 Å². The minimum Gasteiger partial charge on any atom is -0.331 e. The molecule has 7 nitrogen and oxygen atoms in total. The third-order valence-corrected chi connectivity index (χ3v) is 4.51. The maximum atomic E-state index is 12.7. The van der Waals surface area contributed by atoms with Crippen molar-refractivity contribution in [3.05, 3.63) is 77.4 Å². The summed E-state index contributed by atoms with van der Waals surface area (Å²) in [5.41, 5.74) is 3.35. The van der Waals surface area contributed by atoms with E-state index in [-0.39, 0.29) is 11.8 Å². The smallest absolute Gasteiger partial charge is 0.276 e. The quantitative estimate of drug-likeness (QED) is 0.777. The van der Waals surface area contributed by atoms with Crippen molar-refractivity contribution in [2.24, 2.45) is 0 Å². The summed E-state index contributed by atoms with van der Waals surface area (Å²) in [7, 11) is 0. The van der Waals surface area contributed by atoms with E-state index in [1.165, 1.54) is 0 Å². The number of nitrogens with one attached hydrogen (secondary N) is 1. The minimum absolute atomic E-state index is 0.0646. The molecule has 0 aliphatic carbocycles. The Morgan fingerprint density at radius 3 is 2.63 bits per heavy atom. The second-order valence-corrected chi connectivity index (χ2v) is 6.48. The molecule has 3 heterocycles. The van der Waals surface area contributed by atoms with Crippen molar-refractivity contribution >= 4 is 17.5 Å². The van der Waals surface area contributed by atoms with Gasteiger partial charge in [-0.2, -0.15) is 5.10 Å². The number of rotatable bonds is 3. The van der Waals surface area contributed by atoms with Crippen LogP contribution in [0.25, 0.3) is 0 Å². The number of hydrogen-bond acceptors (Lipinski definition) is 4. The Labute approximate surface area is 156 Å². The molecule has 1 aromatic carbocycles. The summed E-state index contributed by atoms with van der Waals surface area (Å²) in [6.07, 6.45) is 1.60. The van der Waals surface area contributed by atoms with Gasteiger partial charge in [0.2, 0.25) is 0 Å². The summed E-state index contributed by atoms with van der Waals surface area (Å²) in [6, 6.07) is 14.6. The Morgan fingerprint density at radius 1 is 1.07 bits per heavy atom. The second-order valence-electron chi connectivity index (χ2n) is 6.48. The van der Waals surface area contributed by atoms with Gasteiger partial charge in [-0.05, 0) is 37.3 Å². The van der Waals surface area contributed by atoms with Gasteiger partial charge in [-0.1, -0.05) is 18.2 Å². The lowest BCUT2D eigenvalue weighted by molar-refractivity contribution is 0.0705. The second kappa shape index (κ2) is 7.03. The van der Waals surface area contributed by atoms with Crippen LogP contribution in [0.3, 0.4) is 0 Å². The lowest BCUT2D eigenvalue weighted by atomic mass is 10.2. The zero-order valence-corrected chi connectivity index (χ0v) is 14.9. The minimum atomic E-state index is -0.260. The fraction of sp³-hybridized carbons (Fsp3) is 0.200. The van der Waals surface area contributed by atoms with Crippen LogP contribution in [0.15, 0.2) is 54.7 Å². The molecule has 1 aliphatic heterocycles. The van der Waals surface area contributed by atoms with Crippen molar-refractivity contribution in [2.45, 2.75) is 20.0 Å². The fourth-order valence-corrected chi connectivity index (χ4v) is 3.04. The van der Waals surface area contributed by atoms with E-state index in [9.17, 15) is 9.59 Å². The van der Waals surface area contributed by atoms with Crippen LogP contribution in [0, 0.1) is 6.92 Å². The Morgan fingerprint density at radius 2 is 1.89 bits per heavy atom. The fourth-order valence-electron chi connectivity index (χ4n) is 3.04. The summed E-state index contributed by atoms with van der Waals surface area (Å²) in [4.78, 5) is 31.0. The predicted octanol–water partition coefficient (Wildman–Crippen LogP) is 2.49. The van der Waals surface area contributed by atoms with E-state index >= 15 is 0 Å². The highest BCUT2D eigenvalue weighted by Crippen LogP contribution is 2.17. The molecule has 0 radical (unpaired) electrons. The Hall–Kier alpha value is -3.48. The molecule has 4 rings (SSSR count). The number of amides is 2. The Kier molecular flexibility index (Phi) is 4.42. The molecule has 3 aromatic rings. The molecule has 136 valence electrons. The number of carbonyl (C=O) groups is 2. The van der Waals surface area contributed by atoms with Crippen molar-refractivity contribution < 1.29 is 9.59 Å². The zero-order valence-electron chi connectivity index (χ0n) is 14.9. The molecule has 2 aromatic heterocycles. The number of pyridine rings is 1. The van der Waals surface area contributed by atoms with Crippen molar-refractivity contribution in [1.29, 1.82) is 0 Å². The van der Waals surface area contributed by atoms with Crippen LogP contribution in [0.4, 0.5) is 5.69 Å². The van der Waals surface area contributed by atoms with E-state index < -0.39 is 0 Å². The molecule has 0 bridgehead atoms. The number of anilines is 1. The van der Waals surface area contributed by atoms with E-state index in [1.54, 1.807) is 27.9 Å². The number of aromatic nitrogens is 3. The first-order chi connectivity index (χ1) is 13.1. The Balaban J connectivity index is 1.48.